The highest BCUT2D eigenvalue weighted by Crippen LogP contribution is 2.22. The fourth-order valence-corrected chi connectivity index (χ4v) is 3.15. The molecule has 1 aromatic carbocycles. The number of benzene rings is 1. The summed E-state index contributed by atoms with van der Waals surface area (Å²) in [5.41, 5.74) is 1.79. The predicted molar refractivity (Wildman–Crippen MR) is 86.3 cm³/mol. The van der Waals surface area contributed by atoms with Crippen LogP contribution in [0.4, 0.5) is 0 Å². The molecule has 0 amide bonds. The summed E-state index contributed by atoms with van der Waals surface area (Å²) < 4.78 is 7.71. The molecule has 0 saturated carbocycles. The molecule has 0 spiro atoms. The van der Waals surface area contributed by atoms with Crippen LogP contribution >= 0.6 is 11.6 Å². The molecule has 6 heteroatoms. The van der Waals surface area contributed by atoms with E-state index in [9.17, 15) is 0 Å². The lowest BCUT2D eigenvalue weighted by atomic mass is 10.1. The molecule has 2 aromatic rings. The summed E-state index contributed by atoms with van der Waals surface area (Å²) in [6, 6.07) is 7.57. The summed E-state index contributed by atoms with van der Waals surface area (Å²) in [7, 11) is 0. The Morgan fingerprint density at radius 2 is 2.05 bits per heavy atom. The molecule has 22 heavy (non-hydrogen) atoms. The van der Waals surface area contributed by atoms with Crippen LogP contribution in [0.3, 0.4) is 0 Å². The van der Waals surface area contributed by atoms with Gasteiger partial charge in [0.2, 0.25) is 0 Å². The number of rotatable bonds is 3. The molecule has 0 bridgehead atoms. The molecular weight excluding hydrogens is 300 g/mol. The summed E-state index contributed by atoms with van der Waals surface area (Å²) in [6.45, 7) is 8.95. The Labute approximate surface area is 135 Å². The normalized spacial score (nSPS) is 21.9. The molecule has 118 valence electrons. The summed E-state index contributed by atoms with van der Waals surface area (Å²) in [6.07, 6.45) is 2.20. The zero-order valence-electron chi connectivity index (χ0n) is 13.2. The number of halogens is 1. The van der Waals surface area contributed by atoms with Crippen molar-refractivity contribution in [1.29, 1.82) is 0 Å². The van der Waals surface area contributed by atoms with E-state index in [0.29, 0.717) is 5.02 Å². The van der Waals surface area contributed by atoms with Crippen molar-refractivity contribution < 1.29 is 4.74 Å². The minimum atomic E-state index is -0.121. The largest absolute Gasteiger partial charge is 0.370 e. The maximum absolute atomic E-state index is 5.93. The van der Waals surface area contributed by atoms with Crippen molar-refractivity contribution in [2.24, 2.45) is 0 Å². The third-order valence-corrected chi connectivity index (χ3v) is 3.91. The monoisotopic (exact) mass is 320 g/mol. The summed E-state index contributed by atoms with van der Waals surface area (Å²) in [5.74, 6) is 0. The van der Waals surface area contributed by atoms with Gasteiger partial charge in [-0.3, -0.25) is 4.90 Å². The smallest absolute Gasteiger partial charge is 0.0971 e. The van der Waals surface area contributed by atoms with Gasteiger partial charge in [0.1, 0.15) is 0 Å². The molecule has 2 heterocycles. The third kappa shape index (κ3) is 3.66. The summed E-state index contributed by atoms with van der Waals surface area (Å²) in [4.78, 5) is 2.37. The molecule has 1 fully saturated rings. The van der Waals surface area contributed by atoms with Crippen molar-refractivity contribution in [2.75, 3.05) is 13.1 Å². The van der Waals surface area contributed by atoms with Gasteiger partial charge in [0.05, 0.1) is 29.3 Å². The van der Waals surface area contributed by atoms with Crippen LogP contribution in [0.5, 0.6) is 0 Å². The minimum absolute atomic E-state index is 0.121. The molecule has 1 aliphatic heterocycles. The fraction of sp³-hybridized carbons (Fsp3) is 0.500. The van der Waals surface area contributed by atoms with Gasteiger partial charge in [0, 0.05) is 24.7 Å². The van der Waals surface area contributed by atoms with E-state index in [-0.39, 0.29) is 11.7 Å². The van der Waals surface area contributed by atoms with E-state index >= 15 is 0 Å². The number of aromatic nitrogens is 3. The molecule has 1 atom stereocenters. The Bertz CT molecular complexity index is 638. The molecular formula is C16H21ClN4O. The van der Waals surface area contributed by atoms with Crippen LogP contribution in [-0.4, -0.2) is 44.7 Å². The van der Waals surface area contributed by atoms with Gasteiger partial charge in [0.25, 0.3) is 0 Å². The lowest BCUT2D eigenvalue weighted by Gasteiger charge is -2.41. The molecule has 1 unspecified atom stereocenters. The maximum Gasteiger partial charge on any atom is 0.0971 e. The first kappa shape index (κ1) is 15.5. The average Bonchev–Trinajstić information content (AvgIpc) is 2.85. The average molecular weight is 321 g/mol. The Kier molecular flexibility index (Phi) is 4.21. The lowest BCUT2D eigenvalue weighted by Crippen LogP contribution is -2.51. The fourth-order valence-electron chi connectivity index (χ4n) is 3.03. The zero-order chi connectivity index (χ0) is 15.7. The van der Waals surface area contributed by atoms with E-state index in [1.807, 2.05) is 30.5 Å². The number of hydrogen-bond donors (Lipinski definition) is 0. The van der Waals surface area contributed by atoms with Gasteiger partial charge < -0.3 is 4.74 Å². The molecule has 0 radical (unpaired) electrons. The van der Waals surface area contributed by atoms with E-state index in [0.717, 1.165) is 31.0 Å². The molecule has 0 N–H and O–H groups in total. The summed E-state index contributed by atoms with van der Waals surface area (Å²) in [5, 5.41) is 9.20. The first-order valence-electron chi connectivity index (χ1n) is 7.49. The van der Waals surface area contributed by atoms with Crippen molar-refractivity contribution in [3.63, 3.8) is 0 Å². The Morgan fingerprint density at radius 1 is 1.32 bits per heavy atom. The van der Waals surface area contributed by atoms with Crippen LogP contribution in [0.2, 0.25) is 5.02 Å². The van der Waals surface area contributed by atoms with Gasteiger partial charge in [-0.25, -0.2) is 4.68 Å². The van der Waals surface area contributed by atoms with Gasteiger partial charge in [-0.05, 0) is 45.0 Å². The standard InChI is InChI=1S/C16H21ClN4O/c1-12-8-20(11-16(2,3)22-12)9-14-10-21(19-18-14)15-6-4-13(17)5-7-15/h4-7,10,12H,8-9,11H2,1-3H3. The predicted octanol–water partition coefficient (Wildman–Crippen LogP) is 2.92. The van der Waals surface area contributed by atoms with Crippen LogP contribution in [0.1, 0.15) is 26.5 Å². The highest BCUT2D eigenvalue weighted by Gasteiger charge is 2.31. The van der Waals surface area contributed by atoms with E-state index in [1.165, 1.54) is 0 Å². The second-order valence-corrected chi connectivity index (χ2v) is 6.93. The molecule has 1 saturated heterocycles. The van der Waals surface area contributed by atoms with Gasteiger partial charge >= 0.3 is 0 Å². The lowest BCUT2D eigenvalue weighted by molar-refractivity contribution is -0.130. The van der Waals surface area contributed by atoms with Crippen molar-refractivity contribution >= 4 is 11.6 Å². The summed E-state index contributed by atoms with van der Waals surface area (Å²) >= 11 is 5.91. The maximum atomic E-state index is 5.93. The number of nitrogens with zero attached hydrogens (tertiary/aromatic N) is 4. The van der Waals surface area contributed by atoms with Crippen molar-refractivity contribution in [1.82, 2.24) is 19.9 Å². The number of hydrogen-bond acceptors (Lipinski definition) is 4. The second kappa shape index (κ2) is 5.99. The van der Waals surface area contributed by atoms with Gasteiger partial charge in [-0.2, -0.15) is 0 Å². The second-order valence-electron chi connectivity index (χ2n) is 6.49. The molecule has 1 aromatic heterocycles. The Hall–Kier alpha value is -1.43. The molecule has 3 rings (SSSR count). The van der Waals surface area contributed by atoms with E-state index in [1.54, 1.807) is 4.68 Å². The highest BCUT2D eigenvalue weighted by atomic mass is 35.5. The number of morpholine rings is 1. The van der Waals surface area contributed by atoms with Crippen molar-refractivity contribution in [3.05, 3.63) is 41.2 Å². The quantitative estimate of drug-likeness (QED) is 0.872. The minimum Gasteiger partial charge on any atom is -0.370 e. The van der Waals surface area contributed by atoms with E-state index < -0.39 is 0 Å². The van der Waals surface area contributed by atoms with Crippen molar-refractivity contribution in [3.8, 4) is 5.69 Å². The van der Waals surface area contributed by atoms with Crippen LogP contribution in [0, 0.1) is 0 Å². The topological polar surface area (TPSA) is 43.2 Å². The van der Waals surface area contributed by atoms with Crippen LogP contribution in [0.15, 0.2) is 30.5 Å². The van der Waals surface area contributed by atoms with Crippen LogP contribution in [-0.2, 0) is 11.3 Å². The SMILES string of the molecule is CC1CN(Cc2cn(-c3ccc(Cl)cc3)nn2)CC(C)(C)O1. The highest BCUT2D eigenvalue weighted by molar-refractivity contribution is 6.30. The first-order chi connectivity index (χ1) is 10.4. The molecule has 1 aliphatic rings. The van der Waals surface area contributed by atoms with Gasteiger partial charge in [-0.15, -0.1) is 5.10 Å². The van der Waals surface area contributed by atoms with Gasteiger partial charge in [-0.1, -0.05) is 16.8 Å². The van der Waals surface area contributed by atoms with Gasteiger partial charge in [0.15, 0.2) is 0 Å². The molecule has 0 aliphatic carbocycles. The van der Waals surface area contributed by atoms with Crippen molar-refractivity contribution in [2.45, 2.75) is 39.0 Å². The number of ether oxygens (including phenoxy) is 1. The zero-order valence-corrected chi connectivity index (χ0v) is 13.9. The Morgan fingerprint density at radius 3 is 2.73 bits per heavy atom. The van der Waals surface area contributed by atoms with Crippen LogP contribution < -0.4 is 0 Å². The van der Waals surface area contributed by atoms with Crippen LogP contribution in [0.25, 0.3) is 5.69 Å². The van der Waals surface area contributed by atoms with E-state index in [4.69, 9.17) is 16.3 Å². The first-order valence-corrected chi connectivity index (χ1v) is 7.86. The Balaban J connectivity index is 1.70. The third-order valence-electron chi connectivity index (χ3n) is 3.66. The molecule has 5 nitrogen and oxygen atoms in total. The van der Waals surface area contributed by atoms with E-state index in [2.05, 4.69) is 36.0 Å².